The van der Waals surface area contributed by atoms with E-state index in [-0.39, 0.29) is 47.4 Å². The Morgan fingerprint density at radius 3 is 2.35 bits per heavy atom. The maximum atomic E-state index is 14.0. The lowest BCUT2D eigenvalue weighted by Crippen LogP contribution is -2.64. The number of piperazine rings is 1. The van der Waals surface area contributed by atoms with Crippen molar-refractivity contribution in [1.82, 2.24) is 9.80 Å². The summed E-state index contributed by atoms with van der Waals surface area (Å²) in [4.78, 5) is 56.9. The molecule has 15 nitrogen and oxygen atoms in total. The highest BCUT2D eigenvalue weighted by atomic mass is 16.7. The van der Waals surface area contributed by atoms with Crippen LogP contribution in [-0.4, -0.2) is 129 Å². The van der Waals surface area contributed by atoms with E-state index in [1.165, 1.54) is 44.2 Å². The van der Waals surface area contributed by atoms with Crippen LogP contribution < -0.4 is 4.74 Å². The molecule has 15 heteroatoms. The maximum absolute atomic E-state index is 14.0. The van der Waals surface area contributed by atoms with Crippen molar-refractivity contribution in [3.8, 4) is 17.2 Å². The quantitative estimate of drug-likeness (QED) is 0.270. The topological polar surface area (TPSA) is 202 Å². The molecule has 4 N–H and O–H groups in total. The van der Waals surface area contributed by atoms with Gasteiger partial charge in [-0.3, -0.25) is 19.3 Å². The van der Waals surface area contributed by atoms with Crippen LogP contribution in [0.2, 0.25) is 0 Å². The Morgan fingerprint density at radius 2 is 1.71 bits per heavy atom. The number of carbonyl (C=O) groups is 4. The fourth-order valence-corrected chi connectivity index (χ4v) is 7.78. The van der Waals surface area contributed by atoms with Gasteiger partial charge in [-0.05, 0) is 40.7 Å². The summed E-state index contributed by atoms with van der Waals surface area (Å²) in [5.41, 5.74) is -3.95. The molecule has 282 valence electrons. The number of phenolic OH excluding ortho intramolecular Hbond substituents is 2. The van der Waals surface area contributed by atoms with Gasteiger partial charge in [0.05, 0.1) is 48.7 Å². The van der Waals surface area contributed by atoms with E-state index in [0.29, 0.717) is 13.1 Å². The van der Waals surface area contributed by atoms with E-state index < -0.39 is 101 Å². The second kappa shape index (κ2) is 13.7. The zero-order chi connectivity index (χ0) is 38.0. The number of carbonyl (C=O) groups excluding carboxylic acids is 4. The number of aliphatic hydroxyl groups excluding tert-OH is 1. The van der Waals surface area contributed by atoms with Gasteiger partial charge < -0.3 is 49.0 Å². The highest BCUT2D eigenvalue weighted by molar-refractivity contribution is 6.31. The number of nitrogens with zero attached hydrogens (tertiary/aromatic N) is 2. The molecule has 0 saturated carbocycles. The third kappa shape index (κ3) is 6.43. The van der Waals surface area contributed by atoms with Crippen molar-refractivity contribution in [1.29, 1.82) is 0 Å². The van der Waals surface area contributed by atoms with Crippen LogP contribution in [0.1, 0.15) is 96.5 Å². The van der Waals surface area contributed by atoms with E-state index in [1.54, 1.807) is 27.7 Å². The monoisotopic (exact) mass is 726 g/mol. The molecule has 2 heterocycles. The van der Waals surface area contributed by atoms with Crippen LogP contribution in [0, 0.1) is 0 Å². The standard InChI is InChI=1S/C37H46N2O13/c1-17-30(41)21(39-12-11-38(16-24(39)49-7)35(46)52-36(3,4)5)13-25(50-17)51-23-15-37(47,18(2)40)14-20-27(23)34(45)29-28(32(20)43)31(42)19-9-8-10-22(48-6)26(19)33(29)44/h8-10,17,21,23-25,30,41,43,45,47H,11-16H2,1-7H3/t17-,21?,23-,24?,25-,30+,37-/m0/s1. The predicted molar refractivity (Wildman–Crippen MR) is 181 cm³/mol. The first kappa shape index (κ1) is 37.6. The van der Waals surface area contributed by atoms with E-state index in [9.17, 15) is 39.6 Å². The minimum absolute atomic E-state index is 0.0348. The van der Waals surface area contributed by atoms with Gasteiger partial charge in [0, 0.05) is 62.2 Å². The first-order valence-corrected chi connectivity index (χ1v) is 17.3. The minimum atomic E-state index is -2.07. The molecule has 7 atom stereocenters. The Labute approximate surface area is 300 Å². The average Bonchev–Trinajstić information content (AvgIpc) is 3.08. The molecule has 1 amide bonds. The SMILES string of the molecule is COc1cccc2c1C(=O)c1c(O)c3c(c(O)c1C2=O)C[C@@](O)(C(C)=O)C[C@@H]3O[C@H]1CC(N2CCN(C(=O)OC(C)(C)C)CC2OC)[C@H](O)[C@H](C)O1. The van der Waals surface area contributed by atoms with Crippen LogP contribution in [0.25, 0.3) is 0 Å². The summed E-state index contributed by atoms with van der Waals surface area (Å²) in [6.07, 6.45) is -6.09. The second-order valence-electron chi connectivity index (χ2n) is 14.9. The number of Topliss-reactive ketones (excluding diaryl/α,β-unsaturated/α-hetero) is 1. The highest BCUT2D eigenvalue weighted by Gasteiger charge is 2.50. The van der Waals surface area contributed by atoms with Gasteiger partial charge in [0.2, 0.25) is 5.78 Å². The number of fused-ring (bicyclic) bond motifs is 3. The van der Waals surface area contributed by atoms with Crippen LogP contribution in [-0.2, 0) is 30.2 Å². The number of rotatable bonds is 6. The van der Waals surface area contributed by atoms with Gasteiger partial charge in [0.25, 0.3) is 0 Å². The van der Waals surface area contributed by atoms with Crippen LogP contribution in [0.4, 0.5) is 4.79 Å². The molecule has 0 bridgehead atoms. The van der Waals surface area contributed by atoms with E-state index in [2.05, 4.69) is 0 Å². The van der Waals surface area contributed by atoms with Crippen molar-refractivity contribution in [3.05, 3.63) is 51.6 Å². The van der Waals surface area contributed by atoms with Gasteiger partial charge in [-0.2, -0.15) is 0 Å². The number of hydrogen-bond donors (Lipinski definition) is 4. The number of benzene rings is 2. The summed E-state index contributed by atoms with van der Waals surface area (Å²) < 4.78 is 29.2. The van der Waals surface area contributed by atoms with Crippen molar-refractivity contribution in [3.63, 3.8) is 0 Å². The molecular weight excluding hydrogens is 680 g/mol. The van der Waals surface area contributed by atoms with Crippen LogP contribution in [0.3, 0.4) is 0 Å². The summed E-state index contributed by atoms with van der Waals surface area (Å²) in [6.45, 7) is 8.94. The van der Waals surface area contributed by atoms with Crippen molar-refractivity contribution in [2.24, 2.45) is 0 Å². The van der Waals surface area contributed by atoms with Gasteiger partial charge in [-0.25, -0.2) is 4.79 Å². The van der Waals surface area contributed by atoms with E-state index in [1.807, 2.05) is 4.90 Å². The number of phenols is 2. The second-order valence-corrected chi connectivity index (χ2v) is 14.9. The van der Waals surface area contributed by atoms with E-state index in [4.69, 9.17) is 23.7 Å². The van der Waals surface area contributed by atoms with Gasteiger partial charge in [0.15, 0.2) is 17.9 Å². The minimum Gasteiger partial charge on any atom is -0.507 e. The fraction of sp³-hybridized carbons (Fsp3) is 0.568. The molecular formula is C37H46N2O13. The molecule has 2 unspecified atom stereocenters. The number of aromatic hydroxyl groups is 2. The summed E-state index contributed by atoms with van der Waals surface area (Å²) in [5, 5.41) is 46.4. The van der Waals surface area contributed by atoms with Crippen LogP contribution in [0.5, 0.6) is 17.2 Å². The highest BCUT2D eigenvalue weighted by Crippen LogP contribution is 2.52. The normalized spacial score (nSPS) is 29.2. The van der Waals surface area contributed by atoms with Crippen molar-refractivity contribution >= 4 is 23.4 Å². The Morgan fingerprint density at radius 1 is 1.02 bits per heavy atom. The molecule has 2 aromatic rings. The largest absolute Gasteiger partial charge is 0.507 e. The Kier molecular flexibility index (Phi) is 9.91. The summed E-state index contributed by atoms with van der Waals surface area (Å²) in [5.74, 6) is -3.32. The maximum Gasteiger partial charge on any atom is 0.410 e. The summed E-state index contributed by atoms with van der Waals surface area (Å²) in [6, 6.07) is 3.82. The molecule has 6 rings (SSSR count). The zero-order valence-electron chi connectivity index (χ0n) is 30.3. The fourth-order valence-electron chi connectivity index (χ4n) is 7.78. The average molecular weight is 727 g/mol. The number of ketones is 3. The van der Waals surface area contributed by atoms with Gasteiger partial charge >= 0.3 is 6.09 Å². The van der Waals surface area contributed by atoms with Crippen LogP contribution >= 0.6 is 0 Å². The first-order valence-electron chi connectivity index (χ1n) is 17.3. The molecule has 0 spiro atoms. The first-order chi connectivity index (χ1) is 24.4. The van der Waals surface area contributed by atoms with Gasteiger partial charge in [-0.15, -0.1) is 0 Å². The van der Waals surface area contributed by atoms with Crippen molar-refractivity contribution in [2.45, 2.75) is 102 Å². The van der Waals surface area contributed by atoms with Crippen molar-refractivity contribution in [2.75, 3.05) is 33.9 Å². The van der Waals surface area contributed by atoms with Gasteiger partial charge in [-0.1, -0.05) is 12.1 Å². The molecule has 0 aromatic heterocycles. The number of ether oxygens (including phenoxy) is 5. The van der Waals surface area contributed by atoms with Gasteiger partial charge in [0.1, 0.15) is 34.7 Å². The van der Waals surface area contributed by atoms with E-state index >= 15 is 0 Å². The molecule has 2 aliphatic heterocycles. The molecule has 2 saturated heterocycles. The molecule has 2 aromatic carbocycles. The molecule has 2 aliphatic carbocycles. The third-order valence-electron chi connectivity index (χ3n) is 10.4. The predicted octanol–water partition coefficient (Wildman–Crippen LogP) is 2.60. The summed E-state index contributed by atoms with van der Waals surface area (Å²) in [7, 11) is 2.83. The molecule has 2 fully saturated rings. The van der Waals surface area contributed by atoms with Crippen molar-refractivity contribution < 1.29 is 63.3 Å². The lowest BCUT2D eigenvalue weighted by Gasteiger charge is -2.49. The molecule has 52 heavy (non-hydrogen) atoms. The Balaban J connectivity index is 1.34. The van der Waals surface area contributed by atoms with E-state index in [0.717, 1.165) is 0 Å². The molecule has 4 aliphatic rings. The Hall–Kier alpha value is -4.12. The number of methoxy groups -OCH3 is 2. The smallest absolute Gasteiger partial charge is 0.410 e. The summed E-state index contributed by atoms with van der Waals surface area (Å²) >= 11 is 0. The number of aliphatic hydroxyl groups is 2. The zero-order valence-corrected chi connectivity index (χ0v) is 30.3. The Bertz CT molecular complexity index is 1800. The number of hydrogen-bond acceptors (Lipinski definition) is 14. The lowest BCUT2D eigenvalue weighted by molar-refractivity contribution is -0.267. The third-order valence-corrected chi connectivity index (χ3v) is 10.4. The number of amides is 1. The lowest BCUT2D eigenvalue weighted by atomic mass is 9.72. The van der Waals surface area contributed by atoms with Crippen LogP contribution in [0.15, 0.2) is 18.2 Å². The molecule has 0 radical (unpaired) electrons.